The Hall–Kier alpha value is -2.18. The zero-order valence-electron chi connectivity index (χ0n) is 17.3. The Kier molecular flexibility index (Phi) is 6.62. The molecule has 6 heteroatoms. The van der Waals surface area contributed by atoms with Gasteiger partial charge in [0.15, 0.2) is 5.76 Å². The summed E-state index contributed by atoms with van der Waals surface area (Å²) in [5, 5.41) is 10.9. The third-order valence-electron chi connectivity index (χ3n) is 5.96. The average Bonchev–Trinajstić information content (AvgIpc) is 3.41. The number of nitrogens with one attached hydrogen (secondary N) is 2. The molecule has 2 aromatic rings. The second kappa shape index (κ2) is 9.55. The van der Waals surface area contributed by atoms with Crippen molar-refractivity contribution in [3.05, 3.63) is 53.4 Å². The molecule has 2 fully saturated rings. The van der Waals surface area contributed by atoms with Crippen LogP contribution >= 0.6 is 0 Å². The van der Waals surface area contributed by atoms with Crippen molar-refractivity contribution in [2.75, 3.05) is 20.1 Å². The number of carbonyl (C=O) groups is 1. The summed E-state index contributed by atoms with van der Waals surface area (Å²) in [6.45, 7) is 3.54. The van der Waals surface area contributed by atoms with Crippen LogP contribution in [0, 0.1) is 11.8 Å². The number of nitrogens with zero attached hydrogens (tertiary/aromatic N) is 2. The van der Waals surface area contributed by atoms with E-state index in [0.717, 1.165) is 63.3 Å². The van der Waals surface area contributed by atoms with Gasteiger partial charge in [-0.1, -0.05) is 35.5 Å². The van der Waals surface area contributed by atoms with E-state index in [0.29, 0.717) is 24.3 Å². The fourth-order valence-electron chi connectivity index (χ4n) is 4.25. The minimum absolute atomic E-state index is 0.216. The summed E-state index contributed by atoms with van der Waals surface area (Å²) in [5.74, 6) is 1.95. The predicted octanol–water partition coefficient (Wildman–Crippen LogP) is 2.74. The Morgan fingerprint density at radius 1 is 1.21 bits per heavy atom. The molecule has 1 saturated heterocycles. The van der Waals surface area contributed by atoms with Crippen molar-refractivity contribution >= 4 is 5.91 Å². The first kappa shape index (κ1) is 20.1. The highest BCUT2D eigenvalue weighted by Crippen LogP contribution is 2.27. The first-order chi connectivity index (χ1) is 14.2. The summed E-state index contributed by atoms with van der Waals surface area (Å²) >= 11 is 0. The molecule has 1 saturated carbocycles. The number of piperidine rings is 1. The van der Waals surface area contributed by atoms with Crippen molar-refractivity contribution in [3.8, 4) is 0 Å². The summed E-state index contributed by atoms with van der Waals surface area (Å²) < 4.78 is 5.60. The van der Waals surface area contributed by atoms with Gasteiger partial charge in [-0.15, -0.1) is 0 Å². The highest BCUT2D eigenvalue weighted by Gasteiger charge is 2.30. The Morgan fingerprint density at radius 3 is 2.83 bits per heavy atom. The molecule has 0 unspecified atom stereocenters. The van der Waals surface area contributed by atoms with E-state index in [1.165, 1.54) is 5.56 Å². The molecule has 1 amide bonds. The molecule has 2 heterocycles. The Bertz CT molecular complexity index is 787. The van der Waals surface area contributed by atoms with Gasteiger partial charge < -0.3 is 15.2 Å². The number of carbonyl (C=O) groups excluding carboxylic acids is 1. The van der Waals surface area contributed by atoms with Gasteiger partial charge in [-0.2, -0.15) is 0 Å². The minimum Gasteiger partial charge on any atom is -0.360 e. The lowest BCUT2D eigenvalue weighted by molar-refractivity contribution is -0.122. The fourth-order valence-corrected chi connectivity index (χ4v) is 4.25. The maximum absolute atomic E-state index is 12.3. The van der Waals surface area contributed by atoms with Crippen LogP contribution in [0.1, 0.15) is 42.7 Å². The number of benzene rings is 1. The molecule has 156 valence electrons. The highest BCUT2D eigenvalue weighted by atomic mass is 16.5. The van der Waals surface area contributed by atoms with E-state index in [9.17, 15) is 4.79 Å². The van der Waals surface area contributed by atoms with Gasteiger partial charge in [0.2, 0.25) is 5.91 Å². The number of hydrogen-bond acceptors (Lipinski definition) is 5. The number of aromatic nitrogens is 1. The van der Waals surface area contributed by atoms with Crippen LogP contribution in [0.25, 0.3) is 0 Å². The van der Waals surface area contributed by atoms with E-state index < -0.39 is 0 Å². The topological polar surface area (TPSA) is 70.4 Å². The molecular weight excluding hydrogens is 364 g/mol. The average molecular weight is 397 g/mol. The van der Waals surface area contributed by atoms with Gasteiger partial charge in [-0.05, 0) is 63.2 Å². The smallest absolute Gasteiger partial charge is 0.220 e. The van der Waals surface area contributed by atoms with Crippen molar-refractivity contribution in [3.63, 3.8) is 0 Å². The van der Waals surface area contributed by atoms with Crippen molar-refractivity contribution in [1.82, 2.24) is 20.7 Å². The van der Waals surface area contributed by atoms with Gasteiger partial charge in [-0.25, -0.2) is 0 Å². The zero-order valence-corrected chi connectivity index (χ0v) is 17.3. The second-order valence-electron chi connectivity index (χ2n) is 8.71. The normalized spacial score (nSPS) is 22.0. The maximum atomic E-state index is 12.3. The lowest BCUT2D eigenvalue weighted by atomic mass is 9.81. The van der Waals surface area contributed by atoms with Crippen LogP contribution in [0.3, 0.4) is 0 Å². The van der Waals surface area contributed by atoms with Crippen molar-refractivity contribution in [2.24, 2.45) is 11.8 Å². The summed E-state index contributed by atoms with van der Waals surface area (Å²) in [6.07, 6.45) is 4.82. The zero-order chi connectivity index (χ0) is 20.1. The van der Waals surface area contributed by atoms with Crippen LogP contribution in [-0.2, 0) is 24.3 Å². The van der Waals surface area contributed by atoms with Crippen LogP contribution in [0.5, 0.6) is 0 Å². The van der Waals surface area contributed by atoms with Crippen LogP contribution in [0.15, 0.2) is 40.9 Å². The second-order valence-corrected chi connectivity index (χ2v) is 8.71. The summed E-state index contributed by atoms with van der Waals surface area (Å²) in [7, 11) is 2.09. The van der Waals surface area contributed by atoms with Gasteiger partial charge in [0, 0.05) is 25.1 Å². The summed E-state index contributed by atoms with van der Waals surface area (Å²) in [6, 6.07) is 13.0. The molecule has 1 aromatic carbocycles. The molecule has 4 rings (SSSR count). The Balaban J connectivity index is 1.29. The third-order valence-corrected chi connectivity index (χ3v) is 5.96. The lowest BCUT2D eigenvalue weighted by Crippen LogP contribution is -2.40. The van der Waals surface area contributed by atoms with Crippen LogP contribution < -0.4 is 10.6 Å². The highest BCUT2D eigenvalue weighted by molar-refractivity contribution is 5.76. The number of amides is 1. The predicted molar refractivity (Wildman–Crippen MR) is 112 cm³/mol. The SMILES string of the molecule is CN(Cc1ccccc1)Cc1cc(C[C@H]2CNCC[C@H]2CC(=O)NC2CC2)no1. The van der Waals surface area contributed by atoms with E-state index in [4.69, 9.17) is 4.52 Å². The molecule has 0 radical (unpaired) electrons. The molecule has 29 heavy (non-hydrogen) atoms. The van der Waals surface area contributed by atoms with Crippen LogP contribution in [0.2, 0.25) is 0 Å². The quantitative estimate of drug-likeness (QED) is 0.682. The largest absolute Gasteiger partial charge is 0.360 e. The monoisotopic (exact) mass is 396 g/mol. The Labute approximate surface area is 173 Å². The van der Waals surface area contributed by atoms with Crippen molar-refractivity contribution in [1.29, 1.82) is 0 Å². The van der Waals surface area contributed by atoms with E-state index in [2.05, 4.69) is 58.1 Å². The van der Waals surface area contributed by atoms with Gasteiger partial charge in [0.1, 0.15) is 0 Å². The minimum atomic E-state index is 0.216. The molecule has 6 nitrogen and oxygen atoms in total. The van der Waals surface area contributed by atoms with Gasteiger partial charge in [-0.3, -0.25) is 9.69 Å². The standard InChI is InChI=1S/C23H32N4O2/c1-27(15-17-5-3-2-4-6-17)16-22-13-21(26-29-22)11-19-14-24-10-9-18(19)12-23(28)25-20-7-8-20/h2-6,13,18-20,24H,7-12,14-16H2,1H3,(H,25,28)/t18-,19-/m0/s1. The van der Waals surface area contributed by atoms with Crippen molar-refractivity contribution in [2.45, 2.75) is 51.2 Å². The molecule has 0 bridgehead atoms. The molecule has 2 N–H and O–H groups in total. The first-order valence-corrected chi connectivity index (χ1v) is 10.8. The van der Waals surface area contributed by atoms with E-state index in [-0.39, 0.29) is 5.91 Å². The van der Waals surface area contributed by atoms with E-state index in [1.54, 1.807) is 0 Å². The van der Waals surface area contributed by atoms with Gasteiger partial charge in [0.05, 0.1) is 12.2 Å². The van der Waals surface area contributed by atoms with Crippen molar-refractivity contribution < 1.29 is 9.32 Å². The number of hydrogen-bond donors (Lipinski definition) is 2. The summed E-state index contributed by atoms with van der Waals surface area (Å²) in [5.41, 5.74) is 2.28. The van der Waals surface area contributed by atoms with Crippen LogP contribution in [0.4, 0.5) is 0 Å². The van der Waals surface area contributed by atoms with E-state index in [1.807, 2.05) is 6.07 Å². The van der Waals surface area contributed by atoms with Gasteiger partial charge >= 0.3 is 0 Å². The molecule has 1 aliphatic carbocycles. The van der Waals surface area contributed by atoms with Crippen LogP contribution in [-0.4, -0.2) is 42.1 Å². The molecule has 0 spiro atoms. The first-order valence-electron chi connectivity index (χ1n) is 10.8. The summed E-state index contributed by atoms with van der Waals surface area (Å²) in [4.78, 5) is 14.5. The molecular formula is C23H32N4O2. The molecule has 1 aromatic heterocycles. The molecule has 2 aliphatic rings. The molecule has 2 atom stereocenters. The maximum Gasteiger partial charge on any atom is 0.220 e. The van der Waals surface area contributed by atoms with Gasteiger partial charge in [0.25, 0.3) is 0 Å². The molecule has 1 aliphatic heterocycles. The third kappa shape index (κ3) is 6.15. The number of rotatable bonds is 9. The lowest BCUT2D eigenvalue weighted by Gasteiger charge is -2.31. The van der Waals surface area contributed by atoms with E-state index >= 15 is 0 Å². The fraction of sp³-hybridized carbons (Fsp3) is 0.565. The Morgan fingerprint density at radius 2 is 2.03 bits per heavy atom.